The summed E-state index contributed by atoms with van der Waals surface area (Å²) >= 11 is 8.58. The molecule has 0 saturated carbocycles. The summed E-state index contributed by atoms with van der Waals surface area (Å²) in [4.78, 5) is 3.63. The molecule has 6 heteroatoms. The molecule has 0 spiro atoms. The van der Waals surface area contributed by atoms with E-state index in [9.17, 15) is 8.78 Å². The van der Waals surface area contributed by atoms with Gasteiger partial charge in [0.05, 0.1) is 17.1 Å². The van der Waals surface area contributed by atoms with Gasteiger partial charge in [-0.25, -0.2) is 8.78 Å². The highest BCUT2D eigenvalue weighted by Gasteiger charge is 2.17. The number of nitrogens with zero attached hydrogens (tertiary/aromatic N) is 1. The van der Waals surface area contributed by atoms with Crippen LogP contribution in [-0.2, 0) is 0 Å². The van der Waals surface area contributed by atoms with E-state index in [-0.39, 0.29) is 16.6 Å². The fourth-order valence-corrected chi connectivity index (χ4v) is 1.25. The van der Waals surface area contributed by atoms with Crippen LogP contribution in [0.25, 0.3) is 0 Å². The topological polar surface area (TPSA) is 22.1 Å². The molecule has 13 heavy (non-hydrogen) atoms. The van der Waals surface area contributed by atoms with Gasteiger partial charge in [0.2, 0.25) is 5.88 Å². The summed E-state index contributed by atoms with van der Waals surface area (Å²) in [6.45, 7) is 0. The first-order valence-electron chi connectivity index (χ1n) is 3.24. The Morgan fingerprint density at radius 3 is 2.69 bits per heavy atom. The molecule has 1 aromatic rings. The Morgan fingerprint density at radius 1 is 1.62 bits per heavy atom. The standard InChI is InChI=1S/C7H5BrClF2NO/c1-13-7-3(6(10)11)2-4(8)5(9)12-7/h2,6H,1H3. The Hall–Kier alpha value is -0.420. The molecule has 1 aromatic heterocycles. The van der Waals surface area contributed by atoms with Crippen LogP contribution in [0.3, 0.4) is 0 Å². The molecule has 0 fully saturated rings. The van der Waals surface area contributed by atoms with Crippen molar-refractivity contribution in [2.45, 2.75) is 6.43 Å². The minimum atomic E-state index is -2.63. The highest BCUT2D eigenvalue weighted by molar-refractivity contribution is 9.10. The normalized spacial score (nSPS) is 10.6. The first-order valence-corrected chi connectivity index (χ1v) is 4.41. The fraction of sp³-hybridized carbons (Fsp3) is 0.286. The van der Waals surface area contributed by atoms with Crippen LogP contribution in [0.5, 0.6) is 5.88 Å². The molecule has 0 unspecified atom stereocenters. The molecule has 0 aromatic carbocycles. The van der Waals surface area contributed by atoms with E-state index in [1.54, 1.807) is 0 Å². The highest BCUT2D eigenvalue weighted by Crippen LogP contribution is 2.33. The van der Waals surface area contributed by atoms with Crippen molar-refractivity contribution < 1.29 is 13.5 Å². The molecule has 1 heterocycles. The third kappa shape index (κ3) is 2.28. The van der Waals surface area contributed by atoms with Gasteiger partial charge >= 0.3 is 0 Å². The van der Waals surface area contributed by atoms with Crippen LogP contribution in [0.4, 0.5) is 8.78 Å². The molecule has 0 aliphatic heterocycles. The monoisotopic (exact) mass is 271 g/mol. The largest absolute Gasteiger partial charge is 0.481 e. The van der Waals surface area contributed by atoms with Crippen molar-refractivity contribution >= 4 is 27.5 Å². The van der Waals surface area contributed by atoms with Crippen LogP contribution in [0.15, 0.2) is 10.5 Å². The van der Waals surface area contributed by atoms with Crippen LogP contribution in [0.1, 0.15) is 12.0 Å². The maximum atomic E-state index is 12.3. The molecule has 0 aliphatic carbocycles. The summed E-state index contributed by atoms with van der Waals surface area (Å²) in [5, 5.41) is 0.0984. The van der Waals surface area contributed by atoms with E-state index < -0.39 is 6.43 Å². The first-order chi connectivity index (χ1) is 6.06. The molecule has 0 radical (unpaired) electrons. The average Bonchev–Trinajstić information content (AvgIpc) is 2.08. The van der Waals surface area contributed by atoms with Crippen molar-refractivity contribution in [3.63, 3.8) is 0 Å². The van der Waals surface area contributed by atoms with E-state index in [0.29, 0.717) is 4.47 Å². The van der Waals surface area contributed by atoms with Crippen LogP contribution in [-0.4, -0.2) is 12.1 Å². The van der Waals surface area contributed by atoms with Crippen molar-refractivity contribution in [1.29, 1.82) is 0 Å². The lowest BCUT2D eigenvalue weighted by molar-refractivity contribution is 0.146. The van der Waals surface area contributed by atoms with Crippen molar-refractivity contribution in [2.75, 3.05) is 7.11 Å². The van der Waals surface area contributed by atoms with Gasteiger partial charge in [0, 0.05) is 0 Å². The van der Waals surface area contributed by atoms with Gasteiger partial charge in [0.1, 0.15) is 5.15 Å². The van der Waals surface area contributed by atoms with Crippen LogP contribution in [0, 0.1) is 0 Å². The molecule has 0 bridgehead atoms. The van der Waals surface area contributed by atoms with Gasteiger partial charge in [-0.3, -0.25) is 0 Å². The summed E-state index contributed by atoms with van der Waals surface area (Å²) < 4.78 is 29.7. The van der Waals surface area contributed by atoms with E-state index >= 15 is 0 Å². The lowest BCUT2D eigenvalue weighted by atomic mass is 10.3. The van der Waals surface area contributed by atoms with Crippen molar-refractivity contribution in [3.8, 4) is 5.88 Å². The van der Waals surface area contributed by atoms with Crippen molar-refractivity contribution in [1.82, 2.24) is 4.98 Å². The van der Waals surface area contributed by atoms with Gasteiger partial charge in [-0.05, 0) is 22.0 Å². The summed E-state index contributed by atoms with van der Waals surface area (Å²) in [6.07, 6.45) is -2.63. The molecule has 72 valence electrons. The van der Waals surface area contributed by atoms with Crippen molar-refractivity contribution in [2.24, 2.45) is 0 Å². The Kier molecular flexibility index (Phi) is 3.44. The van der Waals surface area contributed by atoms with E-state index in [1.807, 2.05) is 0 Å². The second-order valence-corrected chi connectivity index (χ2v) is 3.37. The second kappa shape index (κ2) is 4.19. The number of rotatable bonds is 2. The molecule has 0 atom stereocenters. The number of methoxy groups -OCH3 is 1. The molecular formula is C7H5BrClF2NO. The molecule has 0 amide bonds. The molecule has 0 saturated heterocycles. The summed E-state index contributed by atoms with van der Waals surface area (Å²) in [6, 6.07) is 1.19. The predicted molar refractivity (Wildman–Crippen MR) is 48.5 cm³/mol. The first kappa shape index (κ1) is 10.7. The van der Waals surface area contributed by atoms with Crippen LogP contribution in [0.2, 0.25) is 5.15 Å². The lowest BCUT2D eigenvalue weighted by Gasteiger charge is -2.07. The SMILES string of the molecule is COc1nc(Cl)c(Br)cc1C(F)F. The fourth-order valence-electron chi connectivity index (χ4n) is 0.785. The Balaban J connectivity index is 3.25. The van der Waals surface area contributed by atoms with Gasteiger partial charge in [-0.15, -0.1) is 0 Å². The Labute approximate surface area is 87.0 Å². The van der Waals surface area contributed by atoms with E-state index in [4.69, 9.17) is 11.6 Å². The number of hydrogen-bond acceptors (Lipinski definition) is 2. The predicted octanol–water partition coefficient (Wildman–Crippen LogP) is 3.44. The lowest BCUT2D eigenvalue weighted by Crippen LogP contribution is -1.96. The van der Waals surface area contributed by atoms with Crippen LogP contribution < -0.4 is 4.74 Å². The van der Waals surface area contributed by atoms with E-state index in [0.717, 1.165) is 0 Å². The molecule has 1 rings (SSSR count). The van der Waals surface area contributed by atoms with E-state index in [2.05, 4.69) is 25.7 Å². The number of hydrogen-bond donors (Lipinski definition) is 0. The summed E-state index contributed by atoms with van der Waals surface area (Å²) in [5.41, 5.74) is -0.279. The highest BCUT2D eigenvalue weighted by atomic mass is 79.9. The zero-order valence-corrected chi connectivity index (χ0v) is 8.86. The van der Waals surface area contributed by atoms with Gasteiger partial charge < -0.3 is 4.74 Å². The van der Waals surface area contributed by atoms with Gasteiger partial charge in [-0.1, -0.05) is 11.6 Å². The third-order valence-electron chi connectivity index (χ3n) is 1.35. The summed E-state index contributed by atoms with van der Waals surface area (Å²) in [7, 11) is 1.26. The maximum absolute atomic E-state index is 12.3. The van der Waals surface area contributed by atoms with Crippen LogP contribution >= 0.6 is 27.5 Å². The average molecular weight is 272 g/mol. The van der Waals surface area contributed by atoms with E-state index in [1.165, 1.54) is 13.2 Å². The second-order valence-electron chi connectivity index (χ2n) is 2.16. The number of alkyl halides is 2. The molecule has 2 nitrogen and oxygen atoms in total. The third-order valence-corrected chi connectivity index (χ3v) is 2.48. The molecule has 0 N–H and O–H groups in total. The quantitative estimate of drug-likeness (QED) is 0.769. The van der Waals surface area contributed by atoms with Gasteiger partial charge in [0.15, 0.2) is 0 Å². The summed E-state index contributed by atoms with van der Waals surface area (Å²) in [5.74, 6) is -0.150. The zero-order valence-electron chi connectivity index (χ0n) is 6.52. The smallest absolute Gasteiger partial charge is 0.269 e. The number of pyridine rings is 1. The zero-order chi connectivity index (χ0) is 10.0. The van der Waals surface area contributed by atoms with Gasteiger partial charge in [-0.2, -0.15) is 4.98 Å². The molecule has 0 aliphatic rings. The Bertz CT molecular complexity index is 322. The van der Waals surface area contributed by atoms with Gasteiger partial charge in [0.25, 0.3) is 6.43 Å². The number of aromatic nitrogens is 1. The minimum Gasteiger partial charge on any atom is -0.481 e. The number of ether oxygens (including phenoxy) is 1. The minimum absolute atomic E-state index is 0.0984. The maximum Gasteiger partial charge on any atom is 0.269 e. The number of halogens is 4. The Morgan fingerprint density at radius 2 is 2.23 bits per heavy atom. The molecular weight excluding hydrogens is 267 g/mol. The van der Waals surface area contributed by atoms with Crippen molar-refractivity contribution in [3.05, 3.63) is 21.3 Å².